The van der Waals surface area contributed by atoms with Crippen molar-refractivity contribution in [3.05, 3.63) is 82.5 Å². The Kier molecular flexibility index (Phi) is 7.57. The van der Waals surface area contributed by atoms with Gasteiger partial charge in [-0.1, -0.05) is 12.1 Å². The van der Waals surface area contributed by atoms with E-state index in [1.165, 1.54) is 6.07 Å². The molecular weight excluding hydrogens is 463 g/mol. The summed E-state index contributed by atoms with van der Waals surface area (Å²) in [4.78, 5) is 28.2. The van der Waals surface area contributed by atoms with Gasteiger partial charge in [-0.25, -0.2) is 9.18 Å². The highest BCUT2D eigenvalue weighted by molar-refractivity contribution is 5.95. The molecule has 1 fully saturated rings. The zero-order valence-corrected chi connectivity index (χ0v) is 20.7. The summed E-state index contributed by atoms with van der Waals surface area (Å²) in [5.41, 5.74) is 2.83. The van der Waals surface area contributed by atoms with Gasteiger partial charge in [0.25, 0.3) is 5.91 Å². The quantitative estimate of drug-likeness (QED) is 0.452. The molecule has 0 bridgehead atoms. The van der Waals surface area contributed by atoms with Crippen molar-refractivity contribution in [2.75, 3.05) is 6.61 Å². The summed E-state index contributed by atoms with van der Waals surface area (Å²) in [6, 6.07) is 9.81. The van der Waals surface area contributed by atoms with Crippen molar-refractivity contribution in [3.63, 3.8) is 0 Å². The number of aromatic nitrogens is 2. The first-order valence-electron chi connectivity index (χ1n) is 12.1. The number of imidazole rings is 1. The minimum atomic E-state index is -1.27. The van der Waals surface area contributed by atoms with E-state index in [9.17, 15) is 19.1 Å². The Morgan fingerprint density at radius 3 is 2.61 bits per heavy atom. The molecular formula is C27H31FN4O4. The van der Waals surface area contributed by atoms with E-state index in [1.807, 2.05) is 19.9 Å². The highest BCUT2D eigenvalue weighted by Crippen LogP contribution is 2.30. The van der Waals surface area contributed by atoms with Crippen LogP contribution in [0.15, 0.2) is 53.8 Å². The van der Waals surface area contributed by atoms with Crippen molar-refractivity contribution < 1.29 is 23.8 Å². The van der Waals surface area contributed by atoms with E-state index in [0.29, 0.717) is 48.1 Å². The van der Waals surface area contributed by atoms with Crippen LogP contribution >= 0.6 is 0 Å². The molecule has 190 valence electrons. The highest BCUT2D eigenvalue weighted by atomic mass is 19.1. The molecule has 1 aliphatic rings. The molecule has 0 radical (unpaired) electrons. The molecule has 1 saturated carbocycles. The van der Waals surface area contributed by atoms with E-state index in [2.05, 4.69) is 10.3 Å². The maximum atomic E-state index is 13.7. The Morgan fingerprint density at radius 1 is 1.19 bits per heavy atom. The zero-order valence-electron chi connectivity index (χ0n) is 20.7. The first-order chi connectivity index (χ1) is 17.2. The maximum absolute atomic E-state index is 13.7. The third kappa shape index (κ3) is 6.21. The molecule has 9 heteroatoms. The van der Waals surface area contributed by atoms with E-state index in [-0.39, 0.29) is 17.8 Å². The summed E-state index contributed by atoms with van der Waals surface area (Å²) in [5.74, 6) is 0.559. The van der Waals surface area contributed by atoms with Crippen LogP contribution in [0, 0.1) is 18.7 Å². The van der Waals surface area contributed by atoms with Crippen LogP contribution in [-0.4, -0.2) is 32.8 Å². The number of rotatable bonds is 9. The lowest BCUT2D eigenvalue weighted by molar-refractivity contribution is 0.0939. The molecule has 2 amide bonds. The lowest BCUT2D eigenvalue weighted by Gasteiger charge is -2.17. The SMILES string of the molecule is CCn1ccn(Cc2cc(OCC3CC3)cc(C(=O)N[C@@H](C)c3ccc(F)c(C)c3)c2)/c1=N/C(=O)O. The van der Waals surface area contributed by atoms with Gasteiger partial charge in [0.15, 0.2) is 0 Å². The number of hydrogen-bond donors (Lipinski definition) is 2. The molecule has 2 aromatic carbocycles. The average molecular weight is 495 g/mol. The number of nitrogens with one attached hydrogen (secondary N) is 1. The van der Waals surface area contributed by atoms with Crippen molar-refractivity contribution >= 4 is 12.0 Å². The Bertz CT molecular complexity index is 1340. The fourth-order valence-corrected chi connectivity index (χ4v) is 4.01. The van der Waals surface area contributed by atoms with Gasteiger partial charge in [-0.05, 0) is 80.5 Å². The minimum absolute atomic E-state index is 0.283. The summed E-state index contributed by atoms with van der Waals surface area (Å²) in [6.07, 6.45) is 4.55. The minimum Gasteiger partial charge on any atom is -0.493 e. The van der Waals surface area contributed by atoms with Gasteiger partial charge in [0, 0.05) is 24.5 Å². The van der Waals surface area contributed by atoms with Gasteiger partial charge >= 0.3 is 6.09 Å². The molecule has 1 heterocycles. The number of nitrogens with zero attached hydrogens (tertiary/aromatic N) is 3. The van der Waals surface area contributed by atoms with E-state index in [4.69, 9.17) is 4.74 Å². The highest BCUT2D eigenvalue weighted by Gasteiger charge is 2.22. The van der Waals surface area contributed by atoms with Crippen molar-refractivity contribution in [1.82, 2.24) is 14.5 Å². The van der Waals surface area contributed by atoms with Crippen LogP contribution < -0.4 is 15.7 Å². The normalized spacial score (nSPS) is 14.5. The average Bonchev–Trinajstić information content (AvgIpc) is 3.60. The third-order valence-electron chi connectivity index (χ3n) is 6.27. The van der Waals surface area contributed by atoms with Crippen molar-refractivity contribution in [3.8, 4) is 5.75 Å². The number of aryl methyl sites for hydroxylation is 2. The lowest BCUT2D eigenvalue weighted by Crippen LogP contribution is -2.28. The van der Waals surface area contributed by atoms with Crippen LogP contribution in [-0.2, 0) is 13.1 Å². The molecule has 36 heavy (non-hydrogen) atoms. The van der Waals surface area contributed by atoms with Crippen molar-refractivity contribution in [1.29, 1.82) is 0 Å². The second-order valence-electron chi connectivity index (χ2n) is 9.23. The summed E-state index contributed by atoms with van der Waals surface area (Å²) in [7, 11) is 0. The Morgan fingerprint density at radius 2 is 1.94 bits per heavy atom. The smallest absolute Gasteiger partial charge is 0.434 e. The van der Waals surface area contributed by atoms with Crippen molar-refractivity contribution in [2.24, 2.45) is 10.9 Å². The lowest BCUT2D eigenvalue weighted by atomic mass is 10.0. The van der Waals surface area contributed by atoms with E-state index >= 15 is 0 Å². The molecule has 8 nitrogen and oxygen atoms in total. The first-order valence-corrected chi connectivity index (χ1v) is 12.1. The Balaban J connectivity index is 1.61. The van der Waals surface area contributed by atoms with Crippen LogP contribution in [0.1, 0.15) is 59.8 Å². The number of amides is 2. The third-order valence-corrected chi connectivity index (χ3v) is 6.27. The van der Waals surface area contributed by atoms with Gasteiger partial charge in [0.2, 0.25) is 5.62 Å². The van der Waals surface area contributed by atoms with Gasteiger partial charge in [-0.3, -0.25) is 4.79 Å². The number of carbonyl (C=O) groups excluding carboxylic acids is 1. The number of carboxylic acid groups (broad SMARTS) is 1. The molecule has 0 aliphatic heterocycles. The van der Waals surface area contributed by atoms with Crippen LogP contribution in [0.25, 0.3) is 0 Å². The van der Waals surface area contributed by atoms with E-state index in [0.717, 1.165) is 24.0 Å². The van der Waals surface area contributed by atoms with Crippen LogP contribution in [0.2, 0.25) is 0 Å². The van der Waals surface area contributed by atoms with Gasteiger partial charge in [0.1, 0.15) is 11.6 Å². The summed E-state index contributed by atoms with van der Waals surface area (Å²) >= 11 is 0. The molecule has 0 unspecified atom stereocenters. The van der Waals surface area contributed by atoms with Crippen molar-refractivity contribution in [2.45, 2.75) is 52.7 Å². The summed E-state index contributed by atoms with van der Waals surface area (Å²) in [5, 5.41) is 12.2. The fourth-order valence-electron chi connectivity index (χ4n) is 4.01. The molecule has 0 spiro atoms. The number of benzene rings is 2. The predicted molar refractivity (Wildman–Crippen MR) is 132 cm³/mol. The number of carbonyl (C=O) groups is 2. The molecule has 4 rings (SSSR count). The molecule has 0 saturated heterocycles. The molecule has 1 atom stereocenters. The van der Waals surface area contributed by atoms with Gasteiger partial charge < -0.3 is 24.3 Å². The second-order valence-corrected chi connectivity index (χ2v) is 9.23. The van der Waals surface area contributed by atoms with Crippen LogP contribution in [0.5, 0.6) is 5.75 Å². The molecule has 1 aliphatic carbocycles. The monoisotopic (exact) mass is 494 g/mol. The molecule has 1 aromatic heterocycles. The van der Waals surface area contributed by atoms with Gasteiger partial charge in [-0.15, -0.1) is 4.99 Å². The van der Waals surface area contributed by atoms with E-state index in [1.54, 1.807) is 52.7 Å². The van der Waals surface area contributed by atoms with E-state index < -0.39 is 6.09 Å². The zero-order chi connectivity index (χ0) is 25.8. The maximum Gasteiger partial charge on any atom is 0.434 e. The first kappa shape index (κ1) is 25.2. The number of hydrogen-bond acceptors (Lipinski definition) is 3. The topological polar surface area (TPSA) is 97.9 Å². The summed E-state index contributed by atoms with van der Waals surface area (Å²) in [6.45, 7) is 6.92. The second kappa shape index (κ2) is 10.8. The standard InChI is InChI=1S/C27H31FN4O4/c1-4-31-9-10-32(26(31)30-27(34)35)15-20-12-22(14-23(13-20)36-16-19-5-6-19)25(33)29-18(3)21-7-8-24(28)17(2)11-21/h7-14,18-19H,4-6,15-16H2,1-3H3,(H,29,33)(H,34,35)/b30-26+/t18-/m0/s1. The predicted octanol–water partition coefficient (Wildman–Crippen LogP) is 4.66. The molecule has 2 N–H and O–H groups in total. The summed E-state index contributed by atoms with van der Waals surface area (Å²) < 4.78 is 23.1. The van der Waals surface area contributed by atoms with Crippen LogP contribution in [0.4, 0.5) is 9.18 Å². The molecule has 3 aromatic rings. The number of ether oxygens (including phenoxy) is 1. The Labute approximate surface area is 209 Å². The van der Waals surface area contributed by atoms with Crippen LogP contribution in [0.3, 0.4) is 0 Å². The fraction of sp³-hybridized carbons (Fsp3) is 0.370. The largest absolute Gasteiger partial charge is 0.493 e. The van der Waals surface area contributed by atoms with Gasteiger partial charge in [0.05, 0.1) is 19.2 Å². The number of halogens is 1. The van der Waals surface area contributed by atoms with Gasteiger partial charge in [-0.2, -0.15) is 0 Å². The Hall–Kier alpha value is -3.88.